The zero-order chi connectivity index (χ0) is 21.2. The number of nitrogens with zero attached hydrogens (tertiary/aromatic N) is 4. The third-order valence-corrected chi connectivity index (χ3v) is 6.50. The number of hydrogen-bond donors (Lipinski definition) is 0. The van der Waals surface area contributed by atoms with E-state index in [1.165, 1.54) is 5.56 Å². The van der Waals surface area contributed by atoms with Crippen LogP contribution in [-0.4, -0.2) is 58.3 Å². The van der Waals surface area contributed by atoms with Gasteiger partial charge < -0.3 is 14.4 Å². The molecule has 8 heteroatoms. The molecule has 5 heterocycles. The number of fused-ring (bicyclic) bond motifs is 2. The summed E-state index contributed by atoms with van der Waals surface area (Å²) in [6.07, 6.45) is 4.38. The second-order valence-corrected chi connectivity index (χ2v) is 9.80. The Morgan fingerprint density at radius 1 is 1.27 bits per heavy atom. The number of rotatable bonds is 1. The highest BCUT2D eigenvalue weighted by molar-refractivity contribution is 6.32. The van der Waals surface area contributed by atoms with Crippen molar-refractivity contribution in [3.63, 3.8) is 0 Å². The number of aryl methyl sites for hydroxylation is 1. The van der Waals surface area contributed by atoms with Crippen LogP contribution in [0.2, 0.25) is 5.15 Å². The number of carbonyl (C=O) groups excluding carboxylic acids is 1. The fourth-order valence-electron chi connectivity index (χ4n) is 5.03. The van der Waals surface area contributed by atoms with Crippen molar-refractivity contribution in [2.75, 3.05) is 24.6 Å². The van der Waals surface area contributed by atoms with Crippen LogP contribution in [0.4, 0.5) is 10.6 Å². The van der Waals surface area contributed by atoms with Gasteiger partial charge in [-0.3, -0.25) is 4.90 Å². The van der Waals surface area contributed by atoms with E-state index in [2.05, 4.69) is 9.88 Å². The van der Waals surface area contributed by atoms with Gasteiger partial charge in [0.2, 0.25) is 0 Å². The Bertz CT molecular complexity index is 1010. The predicted molar refractivity (Wildman–Crippen MR) is 116 cm³/mol. The first kappa shape index (κ1) is 19.7. The molecule has 0 N–H and O–H groups in total. The molecule has 1 amide bonds. The van der Waals surface area contributed by atoms with E-state index in [1.54, 1.807) is 0 Å². The van der Waals surface area contributed by atoms with Crippen LogP contribution in [0.15, 0.2) is 6.20 Å². The second-order valence-electron chi connectivity index (χ2n) is 9.44. The summed E-state index contributed by atoms with van der Waals surface area (Å²) in [6, 6.07) is 0.249. The second kappa shape index (κ2) is 6.87. The molecule has 2 unspecified atom stereocenters. The Kier molecular flexibility index (Phi) is 4.51. The molecule has 0 spiro atoms. The highest BCUT2D eigenvalue weighted by Gasteiger charge is 2.45. The summed E-state index contributed by atoms with van der Waals surface area (Å²) in [5.41, 5.74) is 1.70. The van der Waals surface area contributed by atoms with Crippen molar-refractivity contribution < 1.29 is 14.3 Å². The molecule has 2 aromatic heterocycles. The molecule has 0 radical (unpaired) electrons. The normalized spacial score (nSPS) is 23.0. The average molecular weight is 431 g/mol. The monoisotopic (exact) mass is 430 g/mol. The van der Waals surface area contributed by atoms with Gasteiger partial charge in [-0.1, -0.05) is 11.6 Å². The minimum Gasteiger partial charge on any atom is -0.489 e. The lowest BCUT2D eigenvalue weighted by Gasteiger charge is -2.42. The number of amides is 1. The molecule has 2 fully saturated rings. The van der Waals surface area contributed by atoms with E-state index in [0.29, 0.717) is 17.5 Å². The molecule has 160 valence electrons. The molecular formula is C22H27ClN4O3. The topological polar surface area (TPSA) is 67.8 Å². The molecule has 3 aliphatic heterocycles. The first-order chi connectivity index (χ1) is 14.2. The maximum Gasteiger partial charge on any atom is 0.410 e. The van der Waals surface area contributed by atoms with Gasteiger partial charge in [-0.25, -0.2) is 14.8 Å². The van der Waals surface area contributed by atoms with Gasteiger partial charge in [0, 0.05) is 42.2 Å². The Morgan fingerprint density at radius 3 is 2.63 bits per heavy atom. The van der Waals surface area contributed by atoms with Crippen LogP contribution in [0.25, 0.3) is 10.8 Å². The minimum atomic E-state index is -0.493. The van der Waals surface area contributed by atoms with E-state index < -0.39 is 5.60 Å². The number of hydrogen-bond acceptors (Lipinski definition) is 6. The highest BCUT2D eigenvalue weighted by atomic mass is 35.5. The van der Waals surface area contributed by atoms with E-state index in [9.17, 15) is 4.79 Å². The lowest BCUT2D eigenvalue weighted by molar-refractivity contribution is 0.0123. The Morgan fingerprint density at radius 2 is 1.97 bits per heavy atom. The number of aromatic nitrogens is 2. The Hall–Kier alpha value is -2.28. The third-order valence-electron chi connectivity index (χ3n) is 6.23. The first-order valence-corrected chi connectivity index (χ1v) is 11.0. The number of pyridine rings is 2. The standard InChI is InChI=1S/C22H27ClN4O3/c1-12-15-7-8-29-18-17(15)16(9-24-19(18)23)20(25-12)26-10-13-5-6-14(11-26)27(13)21(28)30-22(2,3)4/h9,13-14H,5-8,10-11H2,1-4H3. The van der Waals surface area contributed by atoms with Crippen molar-refractivity contribution in [2.45, 2.75) is 64.6 Å². The molecule has 2 atom stereocenters. The SMILES string of the molecule is Cc1nc(N2CC3CCC(C2)N3C(=O)OC(C)(C)C)c2cnc(Cl)c3c2c1CCO3. The number of piperazine rings is 1. The Balaban J connectivity index is 1.50. The summed E-state index contributed by atoms with van der Waals surface area (Å²) < 4.78 is 11.5. The zero-order valence-corrected chi connectivity index (χ0v) is 18.6. The fourth-order valence-corrected chi connectivity index (χ4v) is 5.23. The van der Waals surface area contributed by atoms with Crippen molar-refractivity contribution in [1.29, 1.82) is 0 Å². The van der Waals surface area contributed by atoms with Crippen molar-refractivity contribution in [2.24, 2.45) is 0 Å². The van der Waals surface area contributed by atoms with E-state index in [0.717, 1.165) is 54.6 Å². The summed E-state index contributed by atoms with van der Waals surface area (Å²) >= 11 is 6.33. The highest BCUT2D eigenvalue weighted by Crippen LogP contribution is 2.42. The van der Waals surface area contributed by atoms with Gasteiger partial charge >= 0.3 is 6.09 Å². The maximum absolute atomic E-state index is 12.8. The number of halogens is 1. The number of ether oxygens (including phenoxy) is 2. The molecule has 0 aliphatic carbocycles. The largest absolute Gasteiger partial charge is 0.489 e. The van der Waals surface area contributed by atoms with E-state index >= 15 is 0 Å². The average Bonchev–Trinajstić information content (AvgIpc) is 2.95. The lowest BCUT2D eigenvalue weighted by Crippen LogP contribution is -2.57. The molecule has 2 bridgehead atoms. The number of anilines is 1. The van der Waals surface area contributed by atoms with Crippen molar-refractivity contribution in [3.05, 3.63) is 22.6 Å². The zero-order valence-electron chi connectivity index (χ0n) is 17.9. The summed E-state index contributed by atoms with van der Waals surface area (Å²) in [6.45, 7) is 9.83. The van der Waals surface area contributed by atoms with Gasteiger partial charge in [-0.15, -0.1) is 0 Å². The van der Waals surface area contributed by atoms with Crippen molar-refractivity contribution >= 4 is 34.3 Å². The van der Waals surface area contributed by atoms with Gasteiger partial charge in [0.15, 0.2) is 10.9 Å². The van der Waals surface area contributed by atoms with Crippen LogP contribution in [0, 0.1) is 6.92 Å². The van der Waals surface area contributed by atoms with Crippen molar-refractivity contribution in [3.8, 4) is 5.75 Å². The van der Waals surface area contributed by atoms with Gasteiger partial charge in [0.1, 0.15) is 11.4 Å². The third kappa shape index (κ3) is 3.14. The summed E-state index contributed by atoms with van der Waals surface area (Å²) in [5.74, 6) is 1.57. The van der Waals surface area contributed by atoms with Gasteiger partial charge in [-0.2, -0.15) is 0 Å². The molecule has 3 aliphatic rings. The summed E-state index contributed by atoms with van der Waals surface area (Å²) in [7, 11) is 0. The van der Waals surface area contributed by atoms with Gasteiger partial charge in [0.25, 0.3) is 0 Å². The van der Waals surface area contributed by atoms with Crippen LogP contribution in [0.5, 0.6) is 5.75 Å². The molecular weight excluding hydrogens is 404 g/mol. The van der Waals surface area contributed by atoms with Crippen LogP contribution in [0.1, 0.15) is 44.9 Å². The molecule has 30 heavy (non-hydrogen) atoms. The van der Waals surface area contributed by atoms with Crippen LogP contribution < -0.4 is 9.64 Å². The molecule has 2 aromatic rings. The van der Waals surface area contributed by atoms with Crippen molar-refractivity contribution in [1.82, 2.24) is 14.9 Å². The molecule has 2 saturated heterocycles. The van der Waals surface area contributed by atoms with E-state index in [-0.39, 0.29) is 18.2 Å². The number of carbonyl (C=O) groups is 1. The van der Waals surface area contributed by atoms with Crippen LogP contribution >= 0.6 is 11.6 Å². The summed E-state index contributed by atoms with van der Waals surface area (Å²) in [5, 5.41) is 2.40. The quantitative estimate of drug-likeness (QED) is 0.634. The van der Waals surface area contributed by atoms with Gasteiger partial charge in [-0.05, 0) is 46.1 Å². The fraction of sp³-hybridized carbons (Fsp3) is 0.591. The molecule has 7 nitrogen and oxygen atoms in total. The van der Waals surface area contributed by atoms with Crippen LogP contribution in [-0.2, 0) is 11.2 Å². The Labute approximate surface area is 181 Å². The maximum atomic E-state index is 12.8. The van der Waals surface area contributed by atoms with Crippen LogP contribution in [0.3, 0.4) is 0 Å². The lowest BCUT2D eigenvalue weighted by atomic mass is 10.00. The summed E-state index contributed by atoms with van der Waals surface area (Å²) in [4.78, 5) is 26.4. The van der Waals surface area contributed by atoms with E-state index in [1.807, 2.05) is 38.8 Å². The molecule has 0 saturated carbocycles. The molecule has 5 rings (SSSR count). The predicted octanol–water partition coefficient (Wildman–Crippen LogP) is 4.11. The van der Waals surface area contributed by atoms with Gasteiger partial charge in [0.05, 0.1) is 18.7 Å². The van der Waals surface area contributed by atoms with E-state index in [4.69, 9.17) is 26.1 Å². The minimum absolute atomic E-state index is 0.124. The molecule has 0 aromatic carbocycles. The first-order valence-electron chi connectivity index (χ1n) is 10.6. The smallest absolute Gasteiger partial charge is 0.410 e.